The first-order chi connectivity index (χ1) is 8.56. The lowest BCUT2D eigenvalue weighted by Gasteiger charge is -2.19. The fourth-order valence-electron chi connectivity index (χ4n) is 2.66. The summed E-state index contributed by atoms with van der Waals surface area (Å²) in [7, 11) is 0. The first-order valence-electron chi connectivity index (χ1n) is 6.79. The number of benzene rings is 1. The van der Waals surface area contributed by atoms with Gasteiger partial charge in [-0.25, -0.2) is 0 Å². The van der Waals surface area contributed by atoms with Gasteiger partial charge in [-0.15, -0.1) is 0 Å². The Balaban J connectivity index is 1.83. The monoisotopic (exact) mass is 266 g/mol. The highest BCUT2D eigenvalue weighted by atomic mass is 35.5. The standard InChI is InChI=1S/C15H23ClN2/c1-11-9-18(10-12(11)2)7-6-15(17)13-4-3-5-14(16)8-13/h3-5,8,11-12,15H,6-7,9-10,17H2,1-2H3. The van der Waals surface area contributed by atoms with Crippen LogP contribution in [0.25, 0.3) is 0 Å². The lowest BCUT2D eigenvalue weighted by molar-refractivity contribution is 0.309. The van der Waals surface area contributed by atoms with Gasteiger partial charge in [0.2, 0.25) is 0 Å². The van der Waals surface area contributed by atoms with E-state index in [0.717, 1.165) is 35.4 Å². The summed E-state index contributed by atoms with van der Waals surface area (Å²) in [5.41, 5.74) is 7.37. The van der Waals surface area contributed by atoms with Crippen molar-refractivity contribution in [1.82, 2.24) is 4.90 Å². The molecule has 3 unspecified atom stereocenters. The van der Waals surface area contributed by atoms with Gasteiger partial charge in [0.05, 0.1) is 0 Å². The largest absolute Gasteiger partial charge is 0.324 e. The van der Waals surface area contributed by atoms with Crippen LogP contribution in [0.4, 0.5) is 0 Å². The molecule has 1 aromatic carbocycles. The van der Waals surface area contributed by atoms with E-state index in [0.29, 0.717) is 0 Å². The van der Waals surface area contributed by atoms with Gasteiger partial charge in [0.25, 0.3) is 0 Å². The molecule has 18 heavy (non-hydrogen) atoms. The zero-order chi connectivity index (χ0) is 13.1. The molecule has 1 fully saturated rings. The maximum atomic E-state index is 6.23. The number of rotatable bonds is 4. The number of likely N-dealkylation sites (tertiary alicyclic amines) is 1. The van der Waals surface area contributed by atoms with E-state index < -0.39 is 0 Å². The van der Waals surface area contributed by atoms with Crippen LogP contribution in [-0.4, -0.2) is 24.5 Å². The predicted molar refractivity (Wildman–Crippen MR) is 77.8 cm³/mol. The molecule has 2 N–H and O–H groups in total. The highest BCUT2D eigenvalue weighted by Crippen LogP contribution is 2.24. The lowest BCUT2D eigenvalue weighted by atomic mass is 10.0. The molecule has 3 heteroatoms. The van der Waals surface area contributed by atoms with E-state index in [1.54, 1.807) is 0 Å². The molecule has 0 aromatic heterocycles. The number of halogens is 1. The zero-order valence-corrected chi connectivity index (χ0v) is 12.0. The second kappa shape index (κ2) is 6.05. The van der Waals surface area contributed by atoms with Crippen LogP contribution in [0.15, 0.2) is 24.3 Å². The van der Waals surface area contributed by atoms with E-state index in [2.05, 4.69) is 24.8 Å². The highest BCUT2D eigenvalue weighted by Gasteiger charge is 2.25. The molecule has 1 heterocycles. The predicted octanol–water partition coefficient (Wildman–Crippen LogP) is 3.32. The fourth-order valence-corrected chi connectivity index (χ4v) is 2.86. The lowest BCUT2D eigenvalue weighted by Crippen LogP contribution is -2.25. The summed E-state index contributed by atoms with van der Waals surface area (Å²) in [6.45, 7) is 8.18. The van der Waals surface area contributed by atoms with E-state index in [-0.39, 0.29) is 6.04 Å². The van der Waals surface area contributed by atoms with Gasteiger partial charge in [-0.05, 0) is 42.5 Å². The molecule has 1 saturated heterocycles. The van der Waals surface area contributed by atoms with Gasteiger partial charge >= 0.3 is 0 Å². The molecule has 0 radical (unpaired) electrons. The third kappa shape index (κ3) is 3.47. The minimum atomic E-state index is 0.0925. The fraction of sp³-hybridized carbons (Fsp3) is 0.600. The van der Waals surface area contributed by atoms with Crippen LogP contribution < -0.4 is 5.73 Å². The van der Waals surface area contributed by atoms with Crippen molar-refractivity contribution in [3.05, 3.63) is 34.9 Å². The molecular formula is C15H23ClN2. The highest BCUT2D eigenvalue weighted by molar-refractivity contribution is 6.30. The average molecular weight is 267 g/mol. The van der Waals surface area contributed by atoms with Crippen LogP contribution in [0.3, 0.4) is 0 Å². The van der Waals surface area contributed by atoms with Crippen LogP contribution in [0.2, 0.25) is 5.02 Å². The van der Waals surface area contributed by atoms with Crippen LogP contribution in [0.1, 0.15) is 31.9 Å². The minimum Gasteiger partial charge on any atom is -0.324 e. The maximum absolute atomic E-state index is 6.23. The van der Waals surface area contributed by atoms with Crippen molar-refractivity contribution in [3.63, 3.8) is 0 Å². The first-order valence-corrected chi connectivity index (χ1v) is 7.17. The van der Waals surface area contributed by atoms with Gasteiger partial charge in [-0.2, -0.15) is 0 Å². The average Bonchev–Trinajstić information content (AvgIpc) is 2.66. The zero-order valence-electron chi connectivity index (χ0n) is 11.3. The molecule has 1 aromatic rings. The number of hydrogen-bond acceptors (Lipinski definition) is 2. The summed E-state index contributed by atoms with van der Waals surface area (Å²) in [6.07, 6.45) is 1.000. The topological polar surface area (TPSA) is 29.3 Å². The van der Waals surface area contributed by atoms with Crippen molar-refractivity contribution in [2.24, 2.45) is 17.6 Å². The Hall–Kier alpha value is -0.570. The van der Waals surface area contributed by atoms with E-state index in [1.165, 1.54) is 13.1 Å². The Labute approximate surface area is 115 Å². The quantitative estimate of drug-likeness (QED) is 0.906. The molecule has 2 nitrogen and oxygen atoms in total. The van der Waals surface area contributed by atoms with E-state index >= 15 is 0 Å². The molecule has 3 atom stereocenters. The van der Waals surface area contributed by atoms with Crippen molar-refractivity contribution in [2.45, 2.75) is 26.3 Å². The Morgan fingerprint density at radius 2 is 2.00 bits per heavy atom. The summed E-state index contributed by atoms with van der Waals surface area (Å²) in [6, 6.07) is 7.99. The van der Waals surface area contributed by atoms with Gasteiger partial charge < -0.3 is 10.6 Å². The Morgan fingerprint density at radius 3 is 2.61 bits per heavy atom. The van der Waals surface area contributed by atoms with Crippen LogP contribution in [-0.2, 0) is 0 Å². The van der Waals surface area contributed by atoms with Gasteiger partial charge in [-0.3, -0.25) is 0 Å². The third-order valence-corrected chi connectivity index (χ3v) is 4.33. The molecule has 0 saturated carbocycles. The normalized spacial score (nSPS) is 26.4. The van der Waals surface area contributed by atoms with Gasteiger partial charge in [-0.1, -0.05) is 37.6 Å². The smallest absolute Gasteiger partial charge is 0.0409 e. The molecule has 0 amide bonds. The Bertz CT molecular complexity index is 384. The SMILES string of the molecule is CC1CN(CCC(N)c2cccc(Cl)c2)CC1C. The maximum Gasteiger partial charge on any atom is 0.0409 e. The first kappa shape index (κ1) is 13.9. The number of hydrogen-bond donors (Lipinski definition) is 1. The van der Waals surface area contributed by atoms with Gasteiger partial charge in [0, 0.05) is 24.2 Å². The molecule has 1 aliphatic rings. The van der Waals surface area contributed by atoms with Crippen LogP contribution in [0.5, 0.6) is 0 Å². The van der Waals surface area contributed by atoms with E-state index in [1.807, 2.05) is 18.2 Å². The molecule has 0 spiro atoms. The van der Waals surface area contributed by atoms with Crippen molar-refractivity contribution >= 4 is 11.6 Å². The van der Waals surface area contributed by atoms with Crippen LogP contribution >= 0.6 is 11.6 Å². The Morgan fingerprint density at radius 1 is 1.33 bits per heavy atom. The molecule has 100 valence electrons. The minimum absolute atomic E-state index is 0.0925. The summed E-state index contributed by atoms with van der Waals surface area (Å²) in [5.74, 6) is 1.62. The number of nitrogens with two attached hydrogens (primary N) is 1. The van der Waals surface area contributed by atoms with E-state index in [4.69, 9.17) is 17.3 Å². The van der Waals surface area contributed by atoms with Gasteiger partial charge in [0.15, 0.2) is 0 Å². The van der Waals surface area contributed by atoms with Crippen molar-refractivity contribution in [2.75, 3.05) is 19.6 Å². The summed E-state index contributed by atoms with van der Waals surface area (Å²) in [4.78, 5) is 2.53. The van der Waals surface area contributed by atoms with E-state index in [9.17, 15) is 0 Å². The Kier molecular flexibility index (Phi) is 4.66. The summed E-state index contributed by atoms with van der Waals surface area (Å²) >= 11 is 5.99. The third-order valence-electron chi connectivity index (χ3n) is 4.10. The molecule has 0 bridgehead atoms. The van der Waals surface area contributed by atoms with Gasteiger partial charge in [0.1, 0.15) is 0 Å². The second-order valence-corrected chi connectivity index (χ2v) is 6.10. The van der Waals surface area contributed by atoms with Crippen LogP contribution in [0, 0.1) is 11.8 Å². The molecule has 1 aliphatic heterocycles. The molecular weight excluding hydrogens is 244 g/mol. The second-order valence-electron chi connectivity index (χ2n) is 5.66. The summed E-state index contributed by atoms with van der Waals surface area (Å²) in [5, 5.41) is 0.770. The molecule has 2 rings (SSSR count). The number of nitrogens with zero attached hydrogens (tertiary/aromatic N) is 1. The van der Waals surface area contributed by atoms with Crippen molar-refractivity contribution in [3.8, 4) is 0 Å². The van der Waals surface area contributed by atoms with Crippen molar-refractivity contribution in [1.29, 1.82) is 0 Å². The summed E-state index contributed by atoms with van der Waals surface area (Å²) < 4.78 is 0. The molecule has 0 aliphatic carbocycles. The van der Waals surface area contributed by atoms with Crippen molar-refractivity contribution < 1.29 is 0 Å².